The van der Waals surface area contributed by atoms with E-state index in [1.165, 1.54) is 0 Å². The van der Waals surface area contributed by atoms with Gasteiger partial charge in [0.25, 0.3) is 11.6 Å². The van der Waals surface area contributed by atoms with Gasteiger partial charge in [0.2, 0.25) is 34.5 Å². The van der Waals surface area contributed by atoms with Crippen molar-refractivity contribution in [1.29, 1.82) is 0 Å². The summed E-state index contributed by atoms with van der Waals surface area (Å²) < 4.78 is 22.2. The maximum absolute atomic E-state index is 15.5. The molecule has 0 saturated heterocycles. The minimum absolute atomic E-state index is 0.120. The first kappa shape index (κ1) is 40.5. The third kappa shape index (κ3) is 5.97. The first-order chi connectivity index (χ1) is 28.4. The van der Waals surface area contributed by atoms with Crippen molar-refractivity contribution >= 4 is 23.4 Å². The van der Waals surface area contributed by atoms with Crippen LogP contribution in [-0.4, -0.2) is 23.4 Å². The highest BCUT2D eigenvalue weighted by Crippen LogP contribution is 2.68. The summed E-state index contributed by atoms with van der Waals surface area (Å²) in [6, 6.07) is 25.6. The number of nitrogens with one attached hydrogen (secondary N) is 2. The minimum Gasteiger partial charge on any atom is -0.454 e. The predicted molar refractivity (Wildman–Crippen MR) is 225 cm³/mol. The number of benzene rings is 4. The second-order valence-electron chi connectivity index (χ2n) is 17.3. The van der Waals surface area contributed by atoms with Gasteiger partial charge in [0, 0.05) is 46.2 Å². The standard InChI is InChI=1S/C50H56N2O7/c1-7-9-11-13-23-43(53)51-47-39-27-25-33(31(3)4)29-41(39)57-49(47,37-21-17-15-19-35(37)45(47)55)59-50-38-22-18-16-20-36(38)46(56)48(50,52-44(54)24-14-12-10-8-2)40-28-26-34(32(5)6)30-42(40)58-50/h15-22,25-32H,7-14,23-24H2,1-6H3,(H,51,53)(H,52,54). The lowest BCUT2D eigenvalue weighted by Crippen LogP contribution is -2.68. The van der Waals surface area contributed by atoms with E-state index in [0.717, 1.165) is 49.7 Å². The van der Waals surface area contributed by atoms with Crippen LogP contribution in [0.25, 0.3) is 0 Å². The number of hydrogen-bond acceptors (Lipinski definition) is 7. The molecule has 0 bridgehead atoms. The lowest BCUT2D eigenvalue weighted by atomic mass is 9.79. The second-order valence-corrected chi connectivity index (χ2v) is 17.3. The van der Waals surface area contributed by atoms with Crippen LogP contribution in [0.4, 0.5) is 0 Å². The molecule has 308 valence electrons. The molecule has 2 aliphatic heterocycles. The van der Waals surface area contributed by atoms with Gasteiger partial charge in [-0.3, -0.25) is 23.9 Å². The minimum atomic E-state index is -2.10. The van der Waals surface area contributed by atoms with Crippen molar-refractivity contribution in [2.75, 3.05) is 0 Å². The average Bonchev–Trinajstić information content (AvgIpc) is 3.80. The lowest BCUT2D eigenvalue weighted by Gasteiger charge is -2.46. The maximum Gasteiger partial charge on any atom is 0.277 e. The molecule has 0 spiro atoms. The van der Waals surface area contributed by atoms with Gasteiger partial charge in [0.15, 0.2) is 0 Å². The van der Waals surface area contributed by atoms with Gasteiger partial charge in [-0.2, -0.15) is 0 Å². The first-order valence-electron chi connectivity index (χ1n) is 21.7. The SMILES string of the molecule is CCCCCCC(=O)NC12C(=O)c3ccccc3C1(OC13Oc4cc(C(C)C)ccc4C1(NC(=O)CCCCCC)C(=O)c1ccccc13)Oc1cc(C(C)C)ccc12. The Kier molecular flexibility index (Phi) is 10.6. The van der Waals surface area contributed by atoms with Gasteiger partial charge >= 0.3 is 0 Å². The van der Waals surface area contributed by atoms with Crippen molar-refractivity contribution < 1.29 is 33.4 Å². The molecule has 4 aromatic rings. The summed E-state index contributed by atoms with van der Waals surface area (Å²) in [5.74, 6) is -4.67. The van der Waals surface area contributed by atoms with Crippen molar-refractivity contribution in [2.24, 2.45) is 0 Å². The van der Waals surface area contributed by atoms with E-state index in [-0.39, 0.29) is 36.5 Å². The second kappa shape index (κ2) is 15.4. The molecule has 8 rings (SSSR count). The molecule has 59 heavy (non-hydrogen) atoms. The molecule has 0 radical (unpaired) electrons. The summed E-state index contributed by atoms with van der Waals surface area (Å²) in [5.41, 5.74) is 0.352. The zero-order valence-electron chi connectivity index (χ0n) is 35.2. The highest BCUT2D eigenvalue weighted by molar-refractivity contribution is 6.14. The molecule has 4 atom stereocenters. The Morgan fingerprint density at radius 2 is 0.966 bits per heavy atom. The summed E-state index contributed by atoms with van der Waals surface area (Å²) in [4.78, 5) is 59.7. The van der Waals surface area contributed by atoms with Crippen LogP contribution in [0, 0.1) is 0 Å². The van der Waals surface area contributed by atoms with E-state index >= 15 is 9.59 Å². The molecule has 2 N–H and O–H groups in total. The van der Waals surface area contributed by atoms with Crippen LogP contribution in [-0.2, 0) is 37.0 Å². The Balaban J connectivity index is 1.38. The van der Waals surface area contributed by atoms with Crippen molar-refractivity contribution in [3.8, 4) is 11.5 Å². The first-order valence-corrected chi connectivity index (χ1v) is 21.7. The molecule has 9 heteroatoms. The third-order valence-electron chi connectivity index (χ3n) is 12.8. The van der Waals surface area contributed by atoms with Gasteiger partial charge < -0.3 is 20.1 Å². The number of carbonyl (C=O) groups excluding carboxylic acids is 4. The van der Waals surface area contributed by atoms with E-state index in [1.807, 2.05) is 48.5 Å². The van der Waals surface area contributed by atoms with Gasteiger partial charge in [-0.15, -0.1) is 0 Å². The van der Waals surface area contributed by atoms with E-state index < -0.39 is 34.2 Å². The molecule has 4 aliphatic rings. The number of amides is 2. The zero-order chi connectivity index (χ0) is 41.7. The Hall–Kier alpha value is -5.28. The molecule has 0 saturated carbocycles. The van der Waals surface area contributed by atoms with Crippen LogP contribution in [0.5, 0.6) is 11.5 Å². The van der Waals surface area contributed by atoms with Crippen molar-refractivity contribution in [3.05, 3.63) is 129 Å². The van der Waals surface area contributed by atoms with Crippen molar-refractivity contribution in [1.82, 2.24) is 10.6 Å². The Morgan fingerprint density at radius 3 is 1.36 bits per heavy atom. The summed E-state index contributed by atoms with van der Waals surface area (Å²) in [7, 11) is 0. The Bertz CT molecular complexity index is 2170. The summed E-state index contributed by atoms with van der Waals surface area (Å²) >= 11 is 0. The lowest BCUT2D eigenvalue weighted by molar-refractivity contribution is -0.346. The number of hydrogen-bond donors (Lipinski definition) is 2. The molecule has 2 heterocycles. The molecule has 9 nitrogen and oxygen atoms in total. The van der Waals surface area contributed by atoms with Gasteiger partial charge in [-0.05, 0) is 47.9 Å². The van der Waals surface area contributed by atoms with Gasteiger partial charge in [-0.25, -0.2) is 0 Å². The molecular formula is C50H56N2O7. The summed E-state index contributed by atoms with van der Waals surface area (Å²) in [6.45, 7) is 12.5. The van der Waals surface area contributed by atoms with E-state index in [1.54, 1.807) is 36.4 Å². The largest absolute Gasteiger partial charge is 0.454 e. The Labute approximate surface area is 347 Å². The van der Waals surface area contributed by atoms with Crippen LogP contribution in [0.3, 0.4) is 0 Å². The molecule has 2 aliphatic carbocycles. The van der Waals surface area contributed by atoms with Crippen molar-refractivity contribution in [2.45, 2.75) is 140 Å². The fraction of sp³-hybridized carbons (Fsp3) is 0.440. The molecule has 4 aromatic carbocycles. The van der Waals surface area contributed by atoms with Crippen LogP contribution < -0.4 is 20.1 Å². The van der Waals surface area contributed by atoms with Crippen LogP contribution in [0.2, 0.25) is 0 Å². The third-order valence-corrected chi connectivity index (χ3v) is 12.8. The zero-order valence-corrected chi connectivity index (χ0v) is 35.2. The fourth-order valence-electron chi connectivity index (χ4n) is 9.69. The number of fused-ring (bicyclic) bond motifs is 10. The normalized spacial score (nSPS) is 24.2. The smallest absolute Gasteiger partial charge is 0.277 e. The maximum atomic E-state index is 15.5. The van der Waals surface area contributed by atoms with Gasteiger partial charge in [0.1, 0.15) is 11.5 Å². The molecule has 0 fully saturated rings. The average molecular weight is 797 g/mol. The molecular weight excluding hydrogens is 741 g/mol. The van der Waals surface area contributed by atoms with E-state index in [9.17, 15) is 9.59 Å². The van der Waals surface area contributed by atoms with Crippen molar-refractivity contribution in [3.63, 3.8) is 0 Å². The topological polar surface area (TPSA) is 120 Å². The van der Waals surface area contributed by atoms with Crippen LogP contribution >= 0.6 is 0 Å². The highest BCUT2D eigenvalue weighted by Gasteiger charge is 2.81. The summed E-state index contributed by atoms with van der Waals surface area (Å²) in [6.07, 6.45) is 7.37. The molecule has 0 aromatic heterocycles. The monoisotopic (exact) mass is 796 g/mol. The number of ether oxygens (including phenoxy) is 3. The number of ketones is 2. The number of Topliss-reactive ketones (excluding diaryl/α,β-unsaturated/α-hetero) is 2. The molecule has 2 amide bonds. The van der Waals surface area contributed by atoms with Crippen LogP contribution in [0.15, 0.2) is 84.9 Å². The number of rotatable bonds is 16. The quantitative estimate of drug-likeness (QED) is 0.108. The van der Waals surface area contributed by atoms with E-state index in [0.29, 0.717) is 57.7 Å². The van der Waals surface area contributed by atoms with Gasteiger partial charge in [0.05, 0.1) is 0 Å². The van der Waals surface area contributed by atoms with Gasteiger partial charge in [-0.1, -0.05) is 153 Å². The highest BCUT2D eigenvalue weighted by atomic mass is 16.8. The van der Waals surface area contributed by atoms with Crippen LogP contribution in [0.1, 0.15) is 172 Å². The summed E-state index contributed by atoms with van der Waals surface area (Å²) in [5, 5.41) is 6.46. The predicted octanol–water partition coefficient (Wildman–Crippen LogP) is 10.1. The van der Waals surface area contributed by atoms with E-state index in [2.05, 4.69) is 52.2 Å². The Morgan fingerprint density at radius 1 is 0.559 bits per heavy atom. The number of carbonyl (C=O) groups is 4. The van der Waals surface area contributed by atoms with E-state index in [4.69, 9.17) is 14.2 Å². The number of unbranched alkanes of at least 4 members (excludes halogenated alkanes) is 6. The fourth-order valence-corrected chi connectivity index (χ4v) is 9.69. The molecule has 4 unspecified atom stereocenters.